The Morgan fingerprint density at radius 1 is 0.946 bits per heavy atom. The van der Waals surface area contributed by atoms with Crippen molar-refractivity contribution in [2.24, 2.45) is 29.6 Å². The fourth-order valence-electron chi connectivity index (χ4n) is 7.28. The van der Waals surface area contributed by atoms with Crippen LogP contribution in [0.15, 0.2) is 52.3 Å². The van der Waals surface area contributed by atoms with E-state index in [-0.39, 0.29) is 57.4 Å². The molecule has 0 spiro atoms. The molecule has 10 heteroatoms. The summed E-state index contributed by atoms with van der Waals surface area (Å²) < 4.78 is 11.0. The Bertz CT molecular complexity index is 1500. The number of amides is 2. The van der Waals surface area contributed by atoms with Gasteiger partial charge in [0.05, 0.1) is 36.8 Å². The maximum absolute atomic E-state index is 13.8. The highest BCUT2D eigenvalue weighted by molar-refractivity contribution is 8.00. The number of aromatic nitrogens is 1. The molecule has 3 heterocycles. The van der Waals surface area contributed by atoms with Gasteiger partial charge < -0.3 is 14.5 Å². The zero-order valence-electron chi connectivity index (χ0n) is 20.0. The Morgan fingerprint density at radius 2 is 1.65 bits per heavy atom. The zero-order chi connectivity index (χ0) is 25.6. The van der Waals surface area contributed by atoms with Gasteiger partial charge >= 0.3 is 4.87 Å². The molecule has 37 heavy (non-hydrogen) atoms. The number of rotatable bonds is 4. The van der Waals surface area contributed by atoms with Crippen molar-refractivity contribution >= 4 is 52.2 Å². The number of halogens is 1. The van der Waals surface area contributed by atoms with E-state index in [9.17, 15) is 14.4 Å². The van der Waals surface area contributed by atoms with Crippen molar-refractivity contribution in [2.45, 2.75) is 22.6 Å². The number of thiazole rings is 1. The van der Waals surface area contributed by atoms with Gasteiger partial charge in [-0.1, -0.05) is 29.0 Å². The molecule has 4 aliphatic rings. The van der Waals surface area contributed by atoms with Crippen LogP contribution < -0.4 is 19.2 Å². The Hall–Kier alpha value is -2.75. The summed E-state index contributed by atoms with van der Waals surface area (Å²) in [5.41, 5.74) is 1.60. The van der Waals surface area contributed by atoms with Gasteiger partial charge in [-0.2, -0.15) is 0 Å². The SMILES string of the molecule is COc1ccc([C@H]2c3sc(=O)[nH]c3S[C@H]3[C@@H]4C[C@@H]([C@@H]5C(=O)N(c6ccc(Cl)cc6)C(=O)[C@@H]45)[C@H]23)cc1OC. The molecule has 2 aromatic carbocycles. The first-order valence-corrected chi connectivity index (χ1v) is 14.2. The average molecular weight is 555 g/mol. The molecule has 190 valence electrons. The van der Waals surface area contributed by atoms with Gasteiger partial charge in [0.15, 0.2) is 11.5 Å². The molecule has 7 nitrogen and oxygen atoms in total. The third-order valence-electron chi connectivity index (χ3n) is 8.58. The summed E-state index contributed by atoms with van der Waals surface area (Å²) in [6.07, 6.45) is 0.840. The van der Waals surface area contributed by atoms with Crippen molar-refractivity contribution in [1.29, 1.82) is 0 Å². The summed E-state index contributed by atoms with van der Waals surface area (Å²) >= 11 is 8.97. The number of hydrogen-bond acceptors (Lipinski definition) is 7. The van der Waals surface area contributed by atoms with Gasteiger partial charge in [-0.3, -0.25) is 19.3 Å². The lowest BCUT2D eigenvalue weighted by Crippen LogP contribution is -2.42. The second kappa shape index (κ2) is 8.38. The van der Waals surface area contributed by atoms with Crippen LogP contribution in [-0.2, 0) is 9.59 Å². The number of ether oxygens (including phenoxy) is 2. The summed E-state index contributed by atoms with van der Waals surface area (Å²) in [5.74, 6) is 0.504. The second-order valence-corrected chi connectivity index (χ2v) is 12.7. The standard InChI is InChI=1S/C27H23ClN2O5S2/c1-34-16-8-3-11(9-17(16)35-2)18-19-14-10-15(22(19)36-24-23(18)37-27(33)29-24)21-20(14)25(31)30(26(21)32)13-6-4-12(28)5-7-13/h3-9,14-15,18-22H,10H2,1-2H3,(H,29,33)/t14-,15-,18-,19-,20+,21+,22+/m1/s1. The molecule has 1 saturated heterocycles. The zero-order valence-corrected chi connectivity index (χ0v) is 22.4. The van der Waals surface area contributed by atoms with Gasteiger partial charge in [-0.05, 0) is 66.1 Å². The second-order valence-electron chi connectivity index (χ2n) is 10.1. The molecule has 7 rings (SSSR count). The first-order chi connectivity index (χ1) is 17.9. The minimum atomic E-state index is -0.352. The van der Waals surface area contributed by atoms with Crippen LogP contribution in [0.2, 0.25) is 5.02 Å². The number of fused-ring (bicyclic) bond motifs is 9. The van der Waals surface area contributed by atoms with E-state index in [1.54, 1.807) is 50.2 Å². The fraction of sp³-hybridized carbons (Fsp3) is 0.370. The fourth-order valence-corrected chi connectivity index (χ4v) is 10.3. The van der Waals surface area contributed by atoms with Crippen LogP contribution in [0.4, 0.5) is 5.69 Å². The van der Waals surface area contributed by atoms with Gasteiger partial charge in [0.2, 0.25) is 11.8 Å². The Kier molecular flexibility index (Phi) is 5.29. The monoisotopic (exact) mass is 554 g/mol. The molecular weight excluding hydrogens is 532 g/mol. The van der Waals surface area contributed by atoms with Crippen LogP contribution in [0.5, 0.6) is 11.5 Å². The molecule has 2 aliphatic carbocycles. The number of anilines is 1. The van der Waals surface area contributed by atoms with Crippen molar-refractivity contribution in [3.05, 3.63) is 67.6 Å². The highest BCUT2D eigenvalue weighted by atomic mass is 35.5. The Labute approximate surface area is 226 Å². The Balaban J connectivity index is 1.32. The number of nitrogens with zero attached hydrogens (tertiary/aromatic N) is 1. The molecule has 7 atom stereocenters. The highest BCUT2D eigenvalue weighted by Crippen LogP contribution is 2.68. The molecule has 1 N–H and O–H groups in total. The van der Waals surface area contributed by atoms with E-state index in [0.29, 0.717) is 22.2 Å². The molecular formula is C27H23ClN2O5S2. The van der Waals surface area contributed by atoms with Gasteiger partial charge in [-0.15, -0.1) is 11.8 Å². The maximum atomic E-state index is 13.8. The van der Waals surface area contributed by atoms with Crippen LogP contribution in [-0.4, -0.2) is 36.3 Å². The number of carbonyl (C=O) groups is 2. The third kappa shape index (κ3) is 3.23. The largest absolute Gasteiger partial charge is 0.493 e. The minimum absolute atomic E-state index is 0.0460. The number of aromatic amines is 1. The van der Waals surface area contributed by atoms with Gasteiger partial charge in [-0.25, -0.2) is 0 Å². The van der Waals surface area contributed by atoms with Gasteiger partial charge in [0.25, 0.3) is 0 Å². The van der Waals surface area contributed by atoms with E-state index >= 15 is 0 Å². The Morgan fingerprint density at radius 3 is 2.35 bits per heavy atom. The van der Waals surface area contributed by atoms with Crippen LogP contribution in [0, 0.1) is 29.6 Å². The number of carbonyl (C=O) groups excluding carboxylic acids is 2. The quantitative estimate of drug-likeness (QED) is 0.467. The third-order valence-corrected chi connectivity index (χ3v) is 11.4. The molecule has 0 radical (unpaired) electrons. The lowest BCUT2D eigenvalue weighted by molar-refractivity contribution is -0.123. The van der Waals surface area contributed by atoms with Crippen LogP contribution in [0.3, 0.4) is 0 Å². The highest BCUT2D eigenvalue weighted by Gasteiger charge is 2.69. The van der Waals surface area contributed by atoms with Crippen LogP contribution in [0.1, 0.15) is 22.8 Å². The smallest absolute Gasteiger partial charge is 0.305 e. The van der Waals surface area contributed by atoms with Gasteiger partial charge in [0.1, 0.15) is 0 Å². The number of nitrogens with one attached hydrogen (secondary N) is 1. The van der Waals surface area contributed by atoms with Crippen LogP contribution >= 0.6 is 34.7 Å². The predicted octanol–water partition coefficient (Wildman–Crippen LogP) is 4.78. The number of H-pyrrole nitrogens is 1. The van der Waals surface area contributed by atoms with Crippen molar-refractivity contribution in [2.75, 3.05) is 19.1 Å². The molecule has 3 fully saturated rings. The molecule has 0 unspecified atom stereocenters. The molecule has 1 aromatic heterocycles. The predicted molar refractivity (Wildman–Crippen MR) is 142 cm³/mol. The summed E-state index contributed by atoms with van der Waals surface area (Å²) in [5, 5.41) is 1.57. The first kappa shape index (κ1) is 23.4. The molecule has 2 aliphatic heterocycles. The van der Waals surface area contributed by atoms with Crippen molar-refractivity contribution in [1.82, 2.24) is 4.98 Å². The van der Waals surface area contributed by atoms with E-state index in [1.165, 1.54) is 16.2 Å². The summed E-state index contributed by atoms with van der Waals surface area (Å²) in [4.78, 5) is 45.3. The lowest BCUT2D eigenvalue weighted by atomic mass is 9.68. The topological polar surface area (TPSA) is 88.7 Å². The summed E-state index contributed by atoms with van der Waals surface area (Å²) in [6, 6.07) is 12.8. The first-order valence-electron chi connectivity index (χ1n) is 12.2. The lowest BCUT2D eigenvalue weighted by Gasteiger charge is -2.43. The number of imide groups is 1. The van der Waals surface area contributed by atoms with Crippen molar-refractivity contribution < 1.29 is 19.1 Å². The number of hydrogen-bond donors (Lipinski definition) is 1. The molecule has 3 aromatic rings. The normalized spacial score (nSPS) is 31.3. The van der Waals surface area contributed by atoms with Crippen molar-refractivity contribution in [3.63, 3.8) is 0 Å². The van der Waals surface area contributed by atoms with E-state index < -0.39 is 0 Å². The number of methoxy groups -OCH3 is 2. The van der Waals surface area contributed by atoms with Gasteiger partial charge in [0, 0.05) is 21.1 Å². The number of thioether (sulfide) groups is 1. The molecule has 2 bridgehead atoms. The summed E-state index contributed by atoms with van der Waals surface area (Å²) in [7, 11) is 3.21. The van der Waals surface area contributed by atoms with E-state index in [2.05, 4.69) is 4.98 Å². The minimum Gasteiger partial charge on any atom is -0.493 e. The van der Waals surface area contributed by atoms with E-state index in [4.69, 9.17) is 21.1 Å². The summed E-state index contributed by atoms with van der Waals surface area (Å²) in [6.45, 7) is 0. The average Bonchev–Trinajstić information content (AvgIpc) is 3.63. The van der Waals surface area contributed by atoms with Crippen LogP contribution in [0.25, 0.3) is 0 Å². The molecule has 2 amide bonds. The maximum Gasteiger partial charge on any atom is 0.305 e. The van der Waals surface area contributed by atoms with E-state index in [0.717, 1.165) is 21.9 Å². The van der Waals surface area contributed by atoms with Crippen molar-refractivity contribution in [3.8, 4) is 11.5 Å². The number of benzene rings is 2. The van der Waals surface area contributed by atoms with E-state index in [1.807, 2.05) is 18.2 Å². The molecule has 2 saturated carbocycles.